The van der Waals surface area contributed by atoms with Gasteiger partial charge in [-0.3, -0.25) is 4.79 Å². The fourth-order valence-electron chi connectivity index (χ4n) is 1.21. The van der Waals surface area contributed by atoms with Crippen LogP contribution in [-0.2, 0) is 9.53 Å². The van der Waals surface area contributed by atoms with Crippen molar-refractivity contribution in [1.29, 1.82) is 0 Å². The molecule has 0 aromatic rings. The molecule has 1 aliphatic heterocycles. The molecule has 0 spiro atoms. The number of terminal acetylenes is 1. The second-order valence-electron chi connectivity index (χ2n) is 4.74. The van der Waals surface area contributed by atoms with E-state index in [0.717, 1.165) is 13.0 Å². The SMILES string of the molecule is C#CC1CNC(C)C1.CC(C)(C)OC=O. The lowest BCUT2D eigenvalue weighted by Gasteiger charge is -2.14. The molecule has 1 rings (SSSR count). The Balaban J connectivity index is 0.000000265. The van der Waals surface area contributed by atoms with Crippen LogP contribution in [0.3, 0.4) is 0 Å². The van der Waals surface area contributed by atoms with Crippen LogP contribution in [0.15, 0.2) is 0 Å². The smallest absolute Gasteiger partial charge is 0.293 e. The molecule has 0 bridgehead atoms. The van der Waals surface area contributed by atoms with Gasteiger partial charge in [-0.1, -0.05) is 0 Å². The third-order valence-electron chi connectivity index (χ3n) is 1.99. The topological polar surface area (TPSA) is 38.3 Å². The molecule has 2 atom stereocenters. The molecule has 86 valence electrons. The molecule has 3 heteroatoms. The van der Waals surface area contributed by atoms with Crippen LogP contribution in [0.1, 0.15) is 34.1 Å². The number of hydrogen-bond donors (Lipinski definition) is 1. The zero-order chi connectivity index (χ0) is 11.9. The predicted molar refractivity (Wildman–Crippen MR) is 61.3 cm³/mol. The fraction of sp³-hybridized carbons (Fsp3) is 0.750. The molecule has 1 aliphatic rings. The van der Waals surface area contributed by atoms with Crippen molar-refractivity contribution in [3.8, 4) is 12.3 Å². The Bertz CT molecular complexity index is 225. The summed E-state index contributed by atoms with van der Waals surface area (Å²) in [5, 5.41) is 3.28. The van der Waals surface area contributed by atoms with Crippen molar-refractivity contribution < 1.29 is 9.53 Å². The molecular weight excluding hydrogens is 190 g/mol. The van der Waals surface area contributed by atoms with Crippen LogP contribution in [0.4, 0.5) is 0 Å². The summed E-state index contributed by atoms with van der Waals surface area (Å²) in [5.74, 6) is 3.22. The lowest BCUT2D eigenvalue weighted by atomic mass is 10.1. The van der Waals surface area contributed by atoms with Crippen molar-refractivity contribution in [2.75, 3.05) is 6.54 Å². The quantitative estimate of drug-likeness (QED) is 0.528. The van der Waals surface area contributed by atoms with Crippen molar-refractivity contribution in [2.24, 2.45) is 5.92 Å². The number of carbonyl (C=O) groups is 1. The average molecular weight is 211 g/mol. The molecule has 0 aliphatic carbocycles. The second-order valence-corrected chi connectivity index (χ2v) is 4.74. The lowest BCUT2D eigenvalue weighted by Crippen LogP contribution is -2.17. The number of rotatable bonds is 1. The van der Waals surface area contributed by atoms with Gasteiger partial charge >= 0.3 is 0 Å². The maximum atomic E-state index is 9.60. The van der Waals surface area contributed by atoms with E-state index in [1.807, 2.05) is 20.8 Å². The second kappa shape index (κ2) is 6.47. The number of hydrogen-bond acceptors (Lipinski definition) is 3. The van der Waals surface area contributed by atoms with Crippen molar-refractivity contribution >= 4 is 6.47 Å². The molecule has 2 unspecified atom stereocenters. The monoisotopic (exact) mass is 211 g/mol. The van der Waals surface area contributed by atoms with E-state index in [-0.39, 0.29) is 5.60 Å². The van der Waals surface area contributed by atoms with E-state index in [0.29, 0.717) is 18.4 Å². The Hall–Kier alpha value is -1.01. The van der Waals surface area contributed by atoms with Crippen LogP contribution in [0.25, 0.3) is 0 Å². The minimum atomic E-state index is -0.318. The van der Waals surface area contributed by atoms with E-state index >= 15 is 0 Å². The van der Waals surface area contributed by atoms with E-state index in [1.54, 1.807) is 0 Å². The van der Waals surface area contributed by atoms with Gasteiger partial charge in [0.15, 0.2) is 0 Å². The maximum absolute atomic E-state index is 9.60. The van der Waals surface area contributed by atoms with Crippen molar-refractivity contribution in [1.82, 2.24) is 5.32 Å². The zero-order valence-electron chi connectivity index (χ0n) is 10.0. The van der Waals surface area contributed by atoms with Crippen LogP contribution in [0.2, 0.25) is 0 Å². The van der Waals surface area contributed by atoms with Gasteiger partial charge in [0.05, 0.1) is 0 Å². The maximum Gasteiger partial charge on any atom is 0.293 e. The van der Waals surface area contributed by atoms with Gasteiger partial charge in [0.1, 0.15) is 5.60 Å². The van der Waals surface area contributed by atoms with Gasteiger partial charge in [0, 0.05) is 18.5 Å². The van der Waals surface area contributed by atoms with E-state index in [4.69, 9.17) is 6.42 Å². The summed E-state index contributed by atoms with van der Waals surface area (Å²) in [6.07, 6.45) is 6.36. The third kappa shape index (κ3) is 8.02. The Morgan fingerprint density at radius 3 is 2.27 bits per heavy atom. The van der Waals surface area contributed by atoms with Gasteiger partial charge in [-0.2, -0.15) is 0 Å². The summed E-state index contributed by atoms with van der Waals surface area (Å²) in [5.41, 5.74) is -0.318. The normalized spacial score (nSPS) is 24.7. The first kappa shape index (κ1) is 14.0. The molecule has 3 nitrogen and oxygen atoms in total. The van der Waals surface area contributed by atoms with Crippen LogP contribution in [-0.4, -0.2) is 24.7 Å². The van der Waals surface area contributed by atoms with E-state index in [1.165, 1.54) is 0 Å². The lowest BCUT2D eigenvalue weighted by molar-refractivity contribution is -0.138. The van der Waals surface area contributed by atoms with Crippen LogP contribution >= 0.6 is 0 Å². The molecule has 0 radical (unpaired) electrons. The van der Waals surface area contributed by atoms with Gasteiger partial charge < -0.3 is 10.1 Å². The molecule has 0 aromatic carbocycles. The Labute approximate surface area is 92.6 Å². The summed E-state index contributed by atoms with van der Waals surface area (Å²) in [4.78, 5) is 9.60. The van der Waals surface area contributed by atoms with Gasteiger partial charge in [0.2, 0.25) is 0 Å². The molecule has 0 aromatic heterocycles. The molecule has 1 saturated heterocycles. The summed E-state index contributed by atoms with van der Waals surface area (Å²) in [6, 6.07) is 0.635. The van der Waals surface area contributed by atoms with Gasteiger partial charge in [-0.05, 0) is 34.1 Å². The van der Waals surface area contributed by atoms with Crippen molar-refractivity contribution in [3.05, 3.63) is 0 Å². The van der Waals surface area contributed by atoms with E-state index in [2.05, 4.69) is 22.9 Å². The molecule has 1 fully saturated rings. The average Bonchev–Trinajstić information content (AvgIpc) is 2.50. The summed E-state index contributed by atoms with van der Waals surface area (Å²) in [6.45, 7) is 9.10. The molecule has 0 saturated carbocycles. The van der Waals surface area contributed by atoms with E-state index in [9.17, 15) is 4.79 Å². The Kier molecular flexibility index (Phi) is 6.03. The largest absolute Gasteiger partial charge is 0.462 e. The summed E-state index contributed by atoms with van der Waals surface area (Å²) >= 11 is 0. The number of ether oxygens (including phenoxy) is 1. The van der Waals surface area contributed by atoms with Crippen molar-refractivity contribution in [3.63, 3.8) is 0 Å². The minimum Gasteiger partial charge on any atom is -0.462 e. The molecular formula is C12H21NO2. The first-order valence-electron chi connectivity index (χ1n) is 5.20. The molecule has 15 heavy (non-hydrogen) atoms. The highest BCUT2D eigenvalue weighted by Crippen LogP contribution is 2.10. The zero-order valence-corrected chi connectivity index (χ0v) is 10.0. The minimum absolute atomic E-state index is 0.318. The Morgan fingerprint density at radius 1 is 1.53 bits per heavy atom. The predicted octanol–water partition coefficient (Wildman–Crippen LogP) is 1.58. The fourth-order valence-corrected chi connectivity index (χ4v) is 1.21. The number of nitrogens with one attached hydrogen (secondary N) is 1. The molecule has 1 N–H and O–H groups in total. The van der Waals surface area contributed by atoms with Crippen LogP contribution < -0.4 is 5.32 Å². The van der Waals surface area contributed by atoms with Crippen molar-refractivity contribution in [2.45, 2.75) is 45.8 Å². The van der Waals surface area contributed by atoms with Gasteiger partial charge in [-0.25, -0.2) is 0 Å². The summed E-state index contributed by atoms with van der Waals surface area (Å²) in [7, 11) is 0. The third-order valence-corrected chi connectivity index (χ3v) is 1.99. The highest BCUT2D eigenvalue weighted by atomic mass is 16.5. The first-order valence-corrected chi connectivity index (χ1v) is 5.20. The van der Waals surface area contributed by atoms with Gasteiger partial charge in [0.25, 0.3) is 6.47 Å². The van der Waals surface area contributed by atoms with Crippen LogP contribution in [0.5, 0.6) is 0 Å². The van der Waals surface area contributed by atoms with E-state index < -0.39 is 0 Å². The number of carbonyl (C=O) groups excluding carboxylic acids is 1. The highest BCUT2D eigenvalue weighted by Gasteiger charge is 2.17. The highest BCUT2D eigenvalue weighted by molar-refractivity contribution is 5.37. The van der Waals surface area contributed by atoms with Gasteiger partial charge in [-0.15, -0.1) is 12.3 Å². The standard InChI is InChI=1S/C7H11N.C5H10O2/c1-3-7-4-6(2)8-5-7;1-5(2,3)7-4-6/h1,6-8H,4-5H2,2H3;4H,1-3H3. The summed E-state index contributed by atoms with van der Waals surface area (Å²) < 4.78 is 4.55. The molecule has 0 amide bonds. The first-order chi connectivity index (χ1) is 6.89. The van der Waals surface area contributed by atoms with Crippen LogP contribution in [0, 0.1) is 18.3 Å². The Morgan fingerprint density at radius 2 is 2.13 bits per heavy atom. The molecule has 1 heterocycles.